The quantitative estimate of drug-likeness (QED) is 0.832. The van der Waals surface area contributed by atoms with E-state index in [4.69, 9.17) is 9.47 Å². The Morgan fingerprint density at radius 1 is 1.20 bits per heavy atom. The van der Waals surface area contributed by atoms with Gasteiger partial charge in [0.05, 0.1) is 5.75 Å². The van der Waals surface area contributed by atoms with E-state index in [2.05, 4.69) is 4.72 Å². The maximum atomic E-state index is 11.7. The molecule has 0 atom stereocenters. The Bertz CT molecular complexity index is 542. The normalized spacial score (nSPS) is 14.2. The summed E-state index contributed by atoms with van der Waals surface area (Å²) in [5.41, 5.74) is 1.03. The van der Waals surface area contributed by atoms with Crippen LogP contribution in [0.25, 0.3) is 0 Å². The van der Waals surface area contributed by atoms with E-state index in [1.54, 1.807) is 0 Å². The van der Waals surface area contributed by atoms with Crippen LogP contribution in [0.15, 0.2) is 18.2 Å². The molecular weight excluding hydrogens is 278 g/mol. The van der Waals surface area contributed by atoms with Crippen LogP contribution in [0.1, 0.15) is 25.3 Å². The molecule has 1 aromatic carbocycles. The van der Waals surface area contributed by atoms with Gasteiger partial charge in [-0.3, -0.25) is 0 Å². The predicted molar refractivity (Wildman–Crippen MR) is 77.8 cm³/mol. The van der Waals surface area contributed by atoms with E-state index < -0.39 is 10.0 Å². The zero-order valence-electron chi connectivity index (χ0n) is 11.7. The molecule has 1 aromatic rings. The van der Waals surface area contributed by atoms with Crippen molar-refractivity contribution in [2.45, 2.75) is 26.2 Å². The molecule has 0 spiro atoms. The van der Waals surface area contributed by atoms with Gasteiger partial charge in [-0.25, -0.2) is 13.1 Å². The van der Waals surface area contributed by atoms with Gasteiger partial charge in [0.25, 0.3) is 0 Å². The molecule has 0 fully saturated rings. The highest BCUT2D eigenvalue weighted by atomic mass is 32.2. The second-order valence-corrected chi connectivity index (χ2v) is 6.72. The van der Waals surface area contributed by atoms with Crippen molar-refractivity contribution < 1.29 is 17.9 Å². The van der Waals surface area contributed by atoms with Gasteiger partial charge in [0.1, 0.15) is 13.2 Å². The molecule has 0 unspecified atom stereocenters. The molecule has 0 amide bonds. The second-order valence-electron chi connectivity index (χ2n) is 4.79. The Morgan fingerprint density at radius 3 is 2.70 bits per heavy atom. The predicted octanol–water partition coefficient (Wildman–Crippen LogP) is 1.72. The molecule has 6 heteroatoms. The van der Waals surface area contributed by atoms with E-state index in [0.29, 0.717) is 32.6 Å². The van der Waals surface area contributed by atoms with Gasteiger partial charge >= 0.3 is 0 Å². The number of hydrogen-bond acceptors (Lipinski definition) is 4. The van der Waals surface area contributed by atoms with Gasteiger partial charge in [0.15, 0.2) is 11.5 Å². The summed E-state index contributed by atoms with van der Waals surface area (Å²) in [6.45, 7) is 3.51. The molecule has 112 valence electrons. The zero-order chi connectivity index (χ0) is 14.4. The highest BCUT2D eigenvalue weighted by molar-refractivity contribution is 7.89. The third kappa shape index (κ3) is 4.38. The molecule has 0 saturated heterocycles. The first-order chi connectivity index (χ1) is 9.61. The molecule has 0 aliphatic carbocycles. The van der Waals surface area contributed by atoms with Crippen LogP contribution in [0.2, 0.25) is 0 Å². The standard InChI is InChI=1S/C14H21NO4S/c1-2-3-10-20(16,17)15-7-6-12-4-5-13-14(11-12)19-9-8-18-13/h4-5,11,15H,2-3,6-10H2,1H3. The molecule has 0 radical (unpaired) electrons. The van der Waals surface area contributed by atoms with Crippen molar-refractivity contribution in [1.29, 1.82) is 0 Å². The summed E-state index contributed by atoms with van der Waals surface area (Å²) >= 11 is 0. The lowest BCUT2D eigenvalue weighted by molar-refractivity contribution is 0.171. The van der Waals surface area contributed by atoms with Crippen LogP contribution < -0.4 is 14.2 Å². The maximum Gasteiger partial charge on any atom is 0.211 e. The van der Waals surface area contributed by atoms with Crippen molar-refractivity contribution >= 4 is 10.0 Å². The minimum atomic E-state index is -3.14. The van der Waals surface area contributed by atoms with Crippen LogP contribution in [0, 0.1) is 0 Å². The van der Waals surface area contributed by atoms with E-state index in [1.807, 2.05) is 25.1 Å². The average molecular weight is 299 g/mol. The number of fused-ring (bicyclic) bond motifs is 1. The number of unbranched alkanes of at least 4 members (excludes halogenated alkanes) is 1. The molecule has 0 saturated carbocycles. The molecular formula is C14H21NO4S. The summed E-state index contributed by atoms with van der Waals surface area (Å²) in [7, 11) is -3.14. The lowest BCUT2D eigenvalue weighted by Gasteiger charge is -2.18. The fourth-order valence-corrected chi connectivity index (χ4v) is 3.23. The molecule has 1 N–H and O–H groups in total. The highest BCUT2D eigenvalue weighted by Crippen LogP contribution is 2.30. The molecule has 0 bridgehead atoms. The van der Waals surface area contributed by atoms with E-state index in [-0.39, 0.29) is 5.75 Å². The zero-order valence-corrected chi connectivity index (χ0v) is 12.5. The van der Waals surface area contributed by atoms with Gasteiger partial charge < -0.3 is 9.47 Å². The number of ether oxygens (including phenoxy) is 2. The molecule has 1 aliphatic rings. The summed E-state index contributed by atoms with van der Waals surface area (Å²) in [6.07, 6.45) is 2.21. The Morgan fingerprint density at radius 2 is 1.95 bits per heavy atom. The van der Waals surface area contributed by atoms with Crippen molar-refractivity contribution in [3.05, 3.63) is 23.8 Å². The Balaban J connectivity index is 1.85. The fourth-order valence-electron chi connectivity index (χ4n) is 2.00. The van der Waals surface area contributed by atoms with E-state index in [9.17, 15) is 8.42 Å². The molecule has 20 heavy (non-hydrogen) atoms. The summed E-state index contributed by atoms with van der Waals surface area (Å²) in [5.74, 6) is 1.69. The van der Waals surface area contributed by atoms with Crippen LogP contribution in [-0.4, -0.2) is 33.9 Å². The number of rotatable bonds is 7. The lowest BCUT2D eigenvalue weighted by Crippen LogP contribution is -2.28. The molecule has 0 aromatic heterocycles. The Labute approximate surface area is 120 Å². The maximum absolute atomic E-state index is 11.7. The van der Waals surface area contributed by atoms with Gasteiger partial charge in [-0.2, -0.15) is 0 Å². The van der Waals surface area contributed by atoms with Crippen molar-refractivity contribution in [3.8, 4) is 11.5 Å². The first-order valence-electron chi connectivity index (χ1n) is 6.96. The summed E-state index contributed by atoms with van der Waals surface area (Å²) < 4.78 is 36.9. The van der Waals surface area contributed by atoms with Crippen molar-refractivity contribution in [3.63, 3.8) is 0 Å². The SMILES string of the molecule is CCCCS(=O)(=O)NCCc1ccc2c(c1)OCCO2. The summed E-state index contributed by atoms with van der Waals surface area (Å²) in [6, 6.07) is 5.72. The average Bonchev–Trinajstić information content (AvgIpc) is 2.45. The van der Waals surface area contributed by atoms with E-state index in [0.717, 1.165) is 23.5 Å². The minimum Gasteiger partial charge on any atom is -0.486 e. The molecule has 2 rings (SSSR count). The smallest absolute Gasteiger partial charge is 0.211 e. The Kier molecular flexibility index (Phi) is 5.25. The van der Waals surface area contributed by atoms with Gasteiger partial charge in [0.2, 0.25) is 10.0 Å². The lowest BCUT2D eigenvalue weighted by atomic mass is 10.1. The Hall–Kier alpha value is -1.27. The fraction of sp³-hybridized carbons (Fsp3) is 0.571. The summed E-state index contributed by atoms with van der Waals surface area (Å²) in [5, 5.41) is 0. The first kappa shape index (κ1) is 15.1. The van der Waals surface area contributed by atoms with Crippen LogP contribution in [0.4, 0.5) is 0 Å². The number of hydrogen-bond donors (Lipinski definition) is 1. The first-order valence-corrected chi connectivity index (χ1v) is 8.62. The monoisotopic (exact) mass is 299 g/mol. The van der Waals surface area contributed by atoms with Crippen molar-refractivity contribution in [2.75, 3.05) is 25.5 Å². The van der Waals surface area contributed by atoms with Gasteiger partial charge in [-0.15, -0.1) is 0 Å². The van der Waals surface area contributed by atoms with Crippen molar-refractivity contribution in [2.24, 2.45) is 0 Å². The van der Waals surface area contributed by atoms with Crippen LogP contribution >= 0.6 is 0 Å². The van der Waals surface area contributed by atoms with E-state index in [1.165, 1.54) is 0 Å². The largest absolute Gasteiger partial charge is 0.486 e. The third-order valence-corrected chi connectivity index (χ3v) is 4.58. The van der Waals surface area contributed by atoms with E-state index >= 15 is 0 Å². The van der Waals surface area contributed by atoms with Crippen molar-refractivity contribution in [1.82, 2.24) is 4.72 Å². The molecule has 1 heterocycles. The molecule has 5 nitrogen and oxygen atoms in total. The third-order valence-electron chi connectivity index (χ3n) is 3.11. The minimum absolute atomic E-state index is 0.199. The number of sulfonamides is 1. The summed E-state index contributed by atoms with van der Waals surface area (Å²) in [4.78, 5) is 0. The van der Waals surface area contributed by atoms with Crippen LogP contribution in [-0.2, 0) is 16.4 Å². The number of nitrogens with one attached hydrogen (secondary N) is 1. The highest BCUT2D eigenvalue weighted by Gasteiger charge is 2.12. The molecule has 1 aliphatic heterocycles. The van der Waals surface area contributed by atoms with Gasteiger partial charge in [0, 0.05) is 6.54 Å². The van der Waals surface area contributed by atoms with Gasteiger partial charge in [-0.1, -0.05) is 19.4 Å². The topological polar surface area (TPSA) is 64.6 Å². The number of benzene rings is 1. The van der Waals surface area contributed by atoms with Crippen LogP contribution in [0.5, 0.6) is 11.5 Å². The second kappa shape index (κ2) is 6.95. The van der Waals surface area contributed by atoms with Gasteiger partial charge in [-0.05, 0) is 30.5 Å². The van der Waals surface area contributed by atoms with Crippen LogP contribution in [0.3, 0.4) is 0 Å².